The Bertz CT molecular complexity index is 547. The van der Waals surface area contributed by atoms with Crippen LogP contribution in [0.15, 0.2) is 16.9 Å². The molecule has 0 atom stereocenters. The quantitative estimate of drug-likeness (QED) is 0.892. The number of hydrogen-bond donors (Lipinski definition) is 1. The molecule has 0 spiro atoms. The van der Waals surface area contributed by atoms with Crippen LogP contribution >= 0.6 is 0 Å². The molecule has 0 amide bonds. The Labute approximate surface area is 111 Å². The van der Waals surface area contributed by atoms with Crippen molar-refractivity contribution in [3.05, 3.63) is 18.3 Å². The molecule has 0 bridgehead atoms. The Kier molecular flexibility index (Phi) is 3.75. The lowest BCUT2D eigenvalue weighted by molar-refractivity contribution is 0.336. The van der Waals surface area contributed by atoms with Crippen LogP contribution < -0.4 is 10.1 Å². The number of hydrogen-bond acceptors (Lipinski definition) is 7. The van der Waals surface area contributed by atoms with Gasteiger partial charge in [-0.15, -0.1) is 0 Å². The van der Waals surface area contributed by atoms with Gasteiger partial charge in [-0.3, -0.25) is 0 Å². The van der Waals surface area contributed by atoms with Gasteiger partial charge in [-0.05, 0) is 20.8 Å². The van der Waals surface area contributed by atoms with Crippen molar-refractivity contribution in [2.45, 2.75) is 32.9 Å². The number of nitrogens with one attached hydrogen (secondary N) is 1. The first kappa shape index (κ1) is 13.4. The summed E-state index contributed by atoms with van der Waals surface area (Å²) < 4.78 is 10.2. The van der Waals surface area contributed by atoms with Crippen molar-refractivity contribution in [2.24, 2.45) is 0 Å². The fourth-order valence-corrected chi connectivity index (χ4v) is 1.34. The Balaban J connectivity index is 2.12. The number of nitrogens with zero attached hydrogens (tertiary/aromatic N) is 4. The van der Waals surface area contributed by atoms with Crippen molar-refractivity contribution in [1.29, 1.82) is 0 Å². The van der Waals surface area contributed by atoms with E-state index >= 15 is 0 Å². The van der Waals surface area contributed by atoms with Crippen molar-refractivity contribution in [2.75, 3.05) is 7.11 Å². The summed E-state index contributed by atoms with van der Waals surface area (Å²) in [4.78, 5) is 12.3. The molecule has 102 valence electrons. The van der Waals surface area contributed by atoms with E-state index in [1.807, 2.05) is 0 Å². The maximum atomic E-state index is 5.16. The zero-order chi connectivity index (χ0) is 13.9. The molecule has 0 aliphatic rings. The van der Waals surface area contributed by atoms with Crippen LogP contribution in [0.5, 0.6) is 5.88 Å². The Morgan fingerprint density at radius 3 is 2.79 bits per heavy atom. The Morgan fingerprint density at radius 1 is 1.32 bits per heavy atom. The lowest BCUT2D eigenvalue weighted by Crippen LogP contribution is -2.35. The highest BCUT2D eigenvalue weighted by Gasteiger charge is 2.14. The fraction of sp³-hybridized carbons (Fsp3) is 0.500. The van der Waals surface area contributed by atoms with Crippen LogP contribution in [0.3, 0.4) is 0 Å². The van der Waals surface area contributed by atoms with Gasteiger partial charge >= 0.3 is 0 Å². The molecule has 0 unspecified atom stereocenters. The monoisotopic (exact) mass is 263 g/mol. The van der Waals surface area contributed by atoms with E-state index in [1.165, 1.54) is 6.33 Å². The summed E-state index contributed by atoms with van der Waals surface area (Å²) in [7, 11) is 1.54. The van der Waals surface area contributed by atoms with Crippen LogP contribution in [-0.2, 0) is 6.54 Å². The van der Waals surface area contributed by atoms with Crippen LogP contribution in [0.2, 0.25) is 0 Å². The van der Waals surface area contributed by atoms with Crippen LogP contribution in [0.25, 0.3) is 11.5 Å². The lowest BCUT2D eigenvalue weighted by Gasteiger charge is -2.18. The van der Waals surface area contributed by atoms with Crippen molar-refractivity contribution in [3.8, 4) is 17.4 Å². The van der Waals surface area contributed by atoms with E-state index in [9.17, 15) is 0 Å². The Morgan fingerprint density at radius 2 is 2.11 bits per heavy atom. The minimum absolute atomic E-state index is 0.00717. The molecule has 19 heavy (non-hydrogen) atoms. The minimum atomic E-state index is -0.00717. The van der Waals surface area contributed by atoms with E-state index in [4.69, 9.17) is 9.26 Å². The summed E-state index contributed by atoms with van der Waals surface area (Å²) in [5.74, 6) is 1.40. The van der Waals surface area contributed by atoms with Crippen LogP contribution in [0.4, 0.5) is 0 Å². The van der Waals surface area contributed by atoms with E-state index in [2.05, 4.69) is 46.2 Å². The SMILES string of the molecule is COc1cc(-c2noc(CNC(C)(C)C)n2)ncn1. The molecule has 0 saturated heterocycles. The minimum Gasteiger partial charge on any atom is -0.481 e. The molecule has 7 nitrogen and oxygen atoms in total. The van der Waals surface area contributed by atoms with Crippen LogP contribution in [0, 0.1) is 0 Å². The van der Waals surface area contributed by atoms with E-state index < -0.39 is 0 Å². The van der Waals surface area contributed by atoms with Gasteiger partial charge in [-0.2, -0.15) is 4.98 Å². The molecule has 0 radical (unpaired) electrons. The predicted molar refractivity (Wildman–Crippen MR) is 68.5 cm³/mol. The molecule has 0 saturated carbocycles. The van der Waals surface area contributed by atoms with Gasteiger partial charge < -0.3 is 14.6 Å². The first-order valence-electron chi connectivity index (χ1n) is 5.92. The molecule has 1 N–H and O–H groups in total. The van der Waals surface area contributed by atoms with Crippen molar-refractivity contribution in [1.82, 2.24) is 25.4 Å². The highest BCUT2D eigenvalue weighted by Crippen LogP contribution is 2.16. The van der Waals surface area contributed by atoms with E-state index in [-0.39, 0.29) is 5.54 Å². The number of methoxy groups -OCH3 is 1. The van der Waals surface area contributed by atoms with E-state index in [0.29, 0.717) is 29.8 Å². The average Bonchev–Trinajstić information content (AvgIpc) is 2.84. The zero-order valence-corrected chi connectivity index (χ0v) is 11.5. The van der Waals surface area contributed by atoms with Crippen molar-refractivity contribution in [3.63, 3.8) is 0 Å². The summed E-state index contributed by atoms with van der Waals surface area (Å²) in [6.45, 7) is 6.72. The zero-order valence-electron chi connectivity index (χ0n) is 11.5. The second-order valence-corrected chi connectivity index (χ2v) is 5.06. The van der Waals surface area contributed by atoms with E-state index in [0.717, 1.165) is 0 Å². The maximum absolute atomic E-state index is 5.16. The largest absolute Gasteiger partial charge is 0.481 e. The van der Waals surface area contributed by atoms with Crippen LogP contribution in [0.1, 0.15) is 26.7 Å². The smallest absolute Gasteiger partial charge is 0.240 e. The molecule has 2 aromatic heterocycles. The molecule has 7 heteroatoms. The average molecular weight is 263 g/mol. The van der Waals surface area contributed by atoms with Crippen molar-refractivity contribution >= 4 is 0 Å². The molecule has 0 fully saturated rings. The van der Waals surface area contributed by atoms with Gasteiger partial charge in [0.2, 0.25) is 17.6 Å². The van der Waals surface area contributed by atoms with Gasteiger partial charge in [-0.25, -0.2) is 9.97 Å². The molecule has 2 rings (SSSR count). The maximum Gasteiger partial charge on any atom is 0.240 e. The van der Waals surface area contributed by atoms with Crippen molar-refractivity contribution < 1.29 is 9.26 Å². The number of ether oxygens (including phenoxy) is 1. The molecule has 0 aliphatic heterocycles. The fourth-order valence-electron chi connectivity index (χ4n) is 1.34. The third kappa shape index (κ3) is 3.72. The topological polar surface area (TPSA) is 86.0 Å². The van der Waals surface area contributed by atoms with Gasteiger partial charge in [0.15, 0.2) is 0 Å². The highest BCUT2D eigenvalue weighted by molar-refractivity contribution is 5.48. The lowest BCUT2D eigenvalue weighted by atomic mass is 10.1. The summed E-state index contributed by atoms with van der Waals surface area (Å²) in [6, 6.07) is 1.66. The molecular weight excluding hydrogens is 246 g/mol. The highest BCUT2D eigenvalue weighted by atomic mass is 16.5. The molecule has 0 aliphatic carbocycles. The summed E-state index contributed by atoms with van der Waals surface area (Å²) in [5, 5.41) is 7.16. The predicted octanol–water partition coefficient (Wildman–Crippen LogP) is 1.42. The molecule has 2 heterocycles. The second kappa shape index (κ2) is 5.31. The van der Waals surface area contributed by atoms with Gasteiger partial charge in [-0.1, -0.05) is 5.16 Å². The third-order valence-electron chi connectivity index (χ3n) is 2.32. The standard InChI is InChI=1S/C12H17N5O2/c1-12(2,3)15-6-10-16-11(17-19-10)8-5-9(18-4)14-7-13-8/h5,7,15H,6H2,1-4H3. The third-order valence-corrected chi connectivity index (χ3v) is 2.32. The number of aromatic nitrogens is 4. The summed E-state index contributed by atoms with van der Waals surface area (Å²) in [5.41, 5.74) is 0.560. The molecule has 2 aromatic rings. The second-order valence-electron chi connectivity index (χ2n) is 5.06. The van der Waals surface area contributed by atoms with Crippen LogP contribution in [-0.4, -0.2) is 32.8 Å². The summed E-state index contributed by atoms with van der Waals surface area (Å²) in [6.07, 6.45) is 1.40. The van der Waals surface area contributed by atoms with Gasteiger partial charge in [0, 0.05) is 11.6 Å². The molecule has 0 aromatic carbocycles. The van der Waals surface area contributed by atoms with Gasteiger partial charge in [0.1, 0.15) is 12.0 Å². The van der Waals surface area contributed by atoms with Gasteiger partial charge in [0.25, 0.3) is 0 Å². The normalized spacial score (nSPS) is 11.6. The molecular formula is C12H17N5O2. The Hall–Kier alpha value is -2.02. The first-order chi connectivity index (χ1) is 8.98. The van der Waals surface area contributed by atoms with Gasteiger partial charge in [0.05, 0.1) is 13.7 Å². The van der Waals surface area contributed by atoms with E-state index in [1.54, 1.807) is 13.2 Å². The summed E-state index contributed by atoms with van der Waals surface area (Å²) >= 11 is 0. The number of rotatable bonds is 4. The first-order valence-corrected chi connectivity index (χ1v) is 5.92.